The second kappa shape index (κ2) is 5.59. The molecule has 1 aliphatic heterocycles. The summed E-state index contributed by atoms with van der Waals surface area (Å²) in [6, 6.07) is 0. The van der Waals surface area contributed by atoms with Crippen LogP contribution in [0.15, 0.2) is 0 Å². The van der Waals surface area contributed by atoms with Gasteiger partial charge in [-0.25, -0.2) is 9.78 Å². The smallest absolute Gasteiger partial charge is 0.347 e. The minimum atomic E-state index is -0.802. The molecule has 0 radical (unpaired) electrons. The molecule has 1 saturated heterocycles. The van der Waals surface area contributed by atoms with Gasteiger partial charge in [0.15, 0.2) is 0 Å². The molecule has 1 aromatic rings. The predicted octanol–water partition coefficient (Wildman–Crippen LogP) is 2.75. The molecule has 4 nitrogen and oxygen atoms in total. The summed E-state index contributed by atoms with van der Waals surface area (Å²) in [5.74, 6) is -0.380. The normalized spacial score (nSPS) is 20.6. The van der Waals surface area contributed by atoms with Crippen molar-refractivity contribution >= 4 is 17.3 Å². The average Bonchev–Trinajstić information content (AvgIpc) is 3.17. The Morgan fingerprint density at radius 1 is 1.32 bits per heavy atom. The predicted molar refractivity (Wildman–Crippen MR) is 75.0 cm³/mol. The van der Waals surface area contributed by atoms with Gasteiger partial charge in [0.25, 0.3) is 0 Å². The highest BCUT2D eigenvalue weighted by Crippen LogP contribution is 2.42. The molecular formula is C14H20N2O2S. The maximum Gasteiger partial charge on any atom is 0.347 e. The van der Waals surface area contributed by atoms with E-state index in [4.69, 9.17) is 0 Å². The van der Waals surface area contributed by atoms with Crippen LogP contribution in [0, 0.1) is 0 Å². The lowest BCUT2D eigenvalue weighted by atomic mass is 10.1. The number of aromatic nitrogens is 1. The molecule has 19 heavy (non-hydrogen) atoms. The second-order valence-electron chi connectivity index (χ2n) is 5.55. The highest BCUT2D eigenvalue weighted by atomic mass is 32.1. The molecular weight excluding hydrogens is 260 g/mol. The zero-order valence-electron chi connectivity index (χ0n) is 11.1. The summed E-state index contributed by atoms with van der Waals surface area (Å²) in [7, 11) is 0. The zero-order valence-corrected chi connectivity index (χ0v) is 11.9. The fraction of sp³-hybridized carbons (Fsp3) is 0.714. The summed E-state index contributed by atoms with van der Waals surface area (Å²) >= 11 is 1.39. The number of rotatable bonds is 5. The first-order valence-electron chi connectivity index (χ1n) is 7.19. The Balaban J connectivity index is 1.63. The number of hydrogen-bond acceptors (Lipinski definition) is 4. The molecule has 2 fully saturated rings. The Morgan fingerprint density at radius 3 is 2.68 bits per heavy atom. The molecule has 3 rings (SSSR count). The molecule has 0 unspecified atom stereocenters. The molecule has 5 heteroatoms. The lowest BCUT2D eigenvalue weighted by Gasteiger charge is -2.25. The molecule has 2 heterocycles. The quantitative estimate of drug-likeness (QED) is 0.901. The second-order valence-corrected chi connectivity index (χ2v) is 6.64. The Labute approximate surface area is 117 Å². The molecule has 1 aromatic heterocycles. The molecule has 1 saturated carbocycles. The van der Waals surface area contributed by atoms with Crippen LogP contribution in [-0.4, -0.2) is 40.6 Å². The van der Waals surface area contributed by atoms with Crippen LogP contribution < -0.4 is 0 Å². The summed E-state index contributed by atoms with van der Waals surface area (Å²) in [4.78, 5) is 18.8. The SMILES string of the molecule is O=C(O)c1sc(CCN2CCCCC2)nc1C1CC1. The van der Waals surface area contributed by atoms with Gasteiger partial charge in [0.2, 0.25) is 0 Å². The van der Waals surface area contributed by atoms with Gasteiger partial charge in [0.1, 0.15) is 4.88 Å². The van der Waals surface area contributed by atoms with Crippen molar-refractivity contribution in [1.29, 1.82) is 0 Å². The Morgan fingerprint density at radius 2 is 2.05 bits per heavy atom. The number of carbonyl (C=O) groups is 1. The van der Waals surface area contributed by atoms with Crippen molar-refractivity contribution in [3.63, 3.8) is 0 Å². The van der Waals surface area contributed by atoms with Gasteiger partial charge in [-0.2, -0.15) is 0 Å². The first-order valence-corrected chi connectivity index (χ1v) is 8.01. The number of thiazole rings is 1. The van der Waals surface area contributed by atoms with Gasteiger partial charge in [-0.15, -0.1) is 11.3 Å². The van der Waals surface area contributed by atoms with Gasteiger partial charge in [0, 0.05) is 18.9 Å². The standard InChI is InChI=1S/C14H20N2O2S/c17-14(18)13-12(10-4-5-10)15-11(19-13)6-9-16-7-2-1-3-8-16/h10H,1-9H2,(H,17,18). The van der Waals surface area contributed by atoms with Gasteiger partial charge in [-0.1, -0.05) is 6.42 Å². The van der Waals surface area contributed by atoms with E-state index in [2.05, 4.69) is 9.88 Å². The summed E-state index contributed by atoms with van der Waals surface area (Å²) < 4.78 is 0. The highest BCUT2D eigenvalue weighted by molar-refractivity contribution is 7.13. The molecule has 0 bridgehead atoms. The molecule has 0 spiro atoms. The van der Waals surface area contributed by atoms with E-state index >= 15 is 0 Å². The van der Waals surface area contributed by atoms with Crippen LogP contribution in [0.2, 0.25) is 0 Å². The number of piperidine rings is 1. The van der Waals surface area contributed by atoms with Crippen LogP contribution in [0.25, 0.3) is 0 Å². The third-order valence-corrected chi connectivity index (χ3v) is 5.07. The van der Waals surface area contributed by atoms with Crippen LogP contribution in [-0.2, 0) is 6.42 Å². The minimum Gasteiger partial charge on any atom is -0.477 e. The topological polar surface area (TPSA) is 53.4 Å². The zero-order chi connectivity index (χ0) is 13.2. The summed E-state index contributed by atoms with van der Waals surface area (Å²) in [5.41, 5.74) is 0.853. The van der Waals surface area contributed by atoms with Gasteiger partial charge in [0.05, 0.1) is 10.7 Å². The number of hydrogen-bond donors (Lipinski definition) is 1. The maximum absolute atomic E-state index is 11.2. The number of aromatic carboxylic acids is 1. The third-order valence-electron chi connectivity index (χ3n) is 3.95. The summed E-state index contributed by atoms with van der Waals surface area (Å²) in [6.45, 7) is 3.40. The van der Waals surface area contributed by atoms with Gasteiger partial charge in [-0.05, 0) is 38.8 Å². The number of nitrogens with zero attached hydrogens (tertiary/aromatic N) is 2. The summed E-state index contributed by atoms with van der Waals surface area (Å²) in [5, 5.41) is 10.2. The molecule has 104 valence electrons. The van der Waals surface area contributed by atoms with E-state index in [1.165, 1.54) is 43.7 Å². The summed E-state index contributed by atoms with van der Waals surface area (Å²) in [6.07, 6.45) is 7.06. The van der Waals surface area contributed by atoms with E-state index in [0.717, 1.165) is 36.5 Å². The largest absolute Gasteiger partial charge is 0.477 e. The van der Waals surface area contributed by atoms with Gasteiger partial charge < -0.3 is 10.0 Å². The Bertz CT molecular complexity index is 462. The first kappa shape index (κ1) is 13.1. The minimum absolute atomic E-state index is 0.422. The monoisotopic (exact) mass is 280 g/mol. The van der Waals surface area contributed by atoms with E-state index in [1.54, 1.807) is 0 Å². The van der Waals surface area contributed by atoms with Crippen LogP contribution in [0.5, 0.6) is 0 Å². The van der Waals surface area contributed by atoms with Crippen molar-refractivity contribution in [2.24, 2.45) is 0 Å². The Kier molecular flexibility index (Phi) is 3.84. The van der Waals surface area contributed by atoms with Crippen LogP contribution in [0.3, 0.4) is 0 Å². The lowest BCUT2D eigenvalue weighted by Crippen LogP contribution is -2.31. The maximum atomic E-state index is 11.2. The van der Waals surface area contributed by atoms with E-state index in [9.17, 15) is 9.90 Å². The van der Waals surface area contributed by atoms with Crippen LogP contribution >= 0.6 is 11.3 Å². The average molecular weight is 280 g/mol. The highest BCUT2D eigenvalue weighted by Gasteiger charge is 2.32. The van der Waals surface area contributed by atoms with Crippen molar-refractivity contribution in [3.8, 4) is 0 Å². The van der Waals surface area contributed by atoms with Gasteiger partial charge in [-0.3, -0.25) is 0 Å². The molecule has 0 atom stereocenters. The van der Waals surface area contributed by atoms with E-state index in [1.807, 2.05) is 0 Å². The van der Waals surface area contributed by atoms with Crippen molar-refractivity contribution in [1.82, 2.24) is 9.88 Å². The van der Waals surface area contributed by atoms with Crippen molar-refractivity contribution in [2.75, 3.05) is 19.6 Å². The van der Waals surface area contributed by atoms with Crippen LogP contribution in [0.1, 0.15) is 58.4 Å². The molecule has 1 N–H and O–H groups in total. The Hall–Kier alpha value is -0.940. The van der Waals surface area contributed by atoms with Crippen molar-refractivity contribution in [2.45, 2.75) is 44.4 Å². The fourth-order valence-corrected chi connectivity index (χ4v) is 3.69. The van der Waals surface area contributed by atoms with Crippen molar-refractivity contribution in [3.05, 3.63) is 15.6 Å². The first-order chi connectivity index (χ1) is 9.24. The van der Waals surface area contributed by atoms with E-state index in [-0.39, 0.29) is 0 Å². The van der Waals surface area contributed by atoms with E-state index < -0.39 is 5.97 Å². The fourth-order valence-electron chi connectivity index (χ4n) is 2.71. The van der Waals surface area contributed by atoms with Crippen molar-refractivity contribution < 1.29 is 9.90 Å². The molecule has 2 aliphatic rings. The molecule has 1 aliphatic carbocycles. The number of carboxylic acid groups (broad SMARTS) is 1. The number of likely N-dealkylation sites (tertiary alicyclic amines) is 1. The van der Waals surface area contributed by atoms with Gasteiger partial charge >= 0.3 is 5.97 Å². The van der Waals surface area contributed by atoms with Crippen LogP contribution in [0.4, 0.5) is 0 Å². The molecule has 0 amide bonds. The third kappa shape index (κ3) is 3.15. The van der Waals surface area contributed by atoms with E-state index in [0.29, 0.717) is 10.8 Å². The lowest BCUT2D eigenvalue weighted by molar-refractivity contribution is 0.0700. The molecule has 0 aromatic carbocycles. The number of carboxylic acids is 1.